The number of rotatable bonds is 0. The first-order chi connectivity index (χ1) is 1.73. The van der Waals surface area contributed by atoms with E-state index in [0.717, 1.165) is 0 Å². The van der Waals surface area contributed by atoms with Crippen LogP contribution >= 0.6 is 8.60 Å². The third-order valence-corrected chi connectivity index (χ3v) is 0. The molecule has 0 saturated heterocycles. The van der Waals surface area contributed by atoms with Gasteiger partial charge in [-0.15, -0.1) is 0 Å². The van der Waals surface area contributed by atoms with E-state index >= 15 is 0 Å². The van der Waals surface area contributed by atoms with E-state index in [4.69, 9.17) is 14.7 Å². The average molecular weight is 185 g/mol. The smallest absolute Gasteiger partial charge is 0.854 e. The fourth-order valence-corrected chi connectivity index (χ4v) is 0. The Morgan fingerprint density at radius 2 is 1.00 bits per heavy atom. The molecule has 5 heavy (non-hydrogen) atoms. The Hall–Kier alpha value is 0.972. The van der Waals surface area contributed by atoms with Crippen molar-refractivity contribution < 1.29 is 35.1 Å². The van der Waals surface area contributed by atoms with Gasteiger partial charge < -0.3 is 23.3 Å². The Bertz CT molecular complexity index is 11.6. The van der Waals surface area contributed by atoms with Gasteiger partial charge in [-0.1, -0.05) is 0 Å². The van der Waals surface area contributed by atoms with Crippen molar-refractivity contribution in [1.82, 2.24) is 0 Å². The maximum Gasteiger partial charge on any atom is 3.00 e. The molecule has 0 rings (SSSR count). The van der Waals surface area contributed by atoms with Gasteiger partial charge in [-0.3, -0.25) is 0 Å². The SMILES string of the molecule is [O-]P([O-])[O-].[Pd+3]. The minimum atomic E-state index is -3.37. The van der Waals surface area contributed by atoms with Gasteiger partial charge in [0.25, 0.3) is 0 Å². The zero-order valence-corrected chi connectivity index (χ0v) is 4.44. The van der Waals surface area contributed by atoms with Gasteiger partial charge in [-0.05, 0) is 0 Å². The molecule has 0 fully saturated rings. The van der Waals surface area contributed by atoms with Crippen LogP contribution in [0.5, 0.6) is 0 Å². The van der Waals surface area contributed by atoms with Crippen LogP contribution < -0.4 is 14.7 Å². The van der Waals surface area contributed by atoms with Gasteiger partial charge in [-0.2, -0.15) is 0 Å². The van der Waals surface area contributed by atoms with Crippen LogP contribution in [0.2, 0.25) is 0 Å². The largest absolute Gasteiger partial charge is 3.00 e. The van der Waals surface area contributed by atoms with Crippen LogP contribution in [0.25, 0.3) is 0 Å². The summed E-state index contributed by atoms with van der Waals surface area (Å²) in [6.45, 7) is 0. The summed E-state index contributed by atoms with van der Waals surface area (Å²) in [5.74, 6) is 0. The van der Waals surface area contributed by atoms with Gasteiger partial charge in [0.2, 0.25) is 0 Å². The first-order valence-electron chi connectivity index (χ1n) is 0.548. The van der Waals surface area contributed by atoms with Crippen molar-refractivity contribution in [3.05, 3.63) is 0 Å². The molecule has 5 heteroatoms. The van der Waals surface area contributed by atoms with E-state index in [0.29, 0.717) is 0 Å². The Kier molecular flexibility index (Phi) is 9.31. The van der Waals surface area contributed by atoms with Crippen LogP contribution in [-0.2, 0) is 20.4 Å². The quantitative estimate of drug-likeness (QED) is 0.304. The molecule has 0 N–H and O–H groups in total. The Labute approximate surface area is 44.3 Å². The summed E-state index contributed by atoms with van der Waals surface area (Å²) in [5.41, 5.74) is 0. The molecule has 0 aromatic carbocycles. The van der Waals surface area contributed by atoms with Crippen LogP contribution in [-0.4, -0.2) is 0 Å². The van der Waals surface area contributed by atoms with Crippen LogP contribution in [0, 0.1) is 0 Å². The first kappa shape index (κ1) is 9.36. The first-order valence-corrected chi connectivity index (χ1v) is 1.64. The molecule has 0 aliphatic carbocycles. The summed E-state index contributed by atoms with van der Waals surface area (Å²) in [5, 5.41) is 0. The predicted octanol–water partition coefficient (Wildman–Crippen LogP) is -2.71. The molecule has 0 heterocycles. The van der Waals surface area contributed by atoms with Crippen molar-refractivity contribution in [2.45, 2.75) is 0 Å². The van der Waals surface area contributed by atoms with Crippen molar-refractivity contribution in [3.63, 3.8) is 0 Å². The normalized spacial score (nSPS) is 7.20. The topological polar surface area (TPSA) is 69.2 Å². The van der Waals surface area contributed by atoms with E-state index in [1.165, 1.54) is 0 Å². The average Bonchev–Trinajstić information content (AvgIpc) is 0.811. The Morgan fingerprint density at radius 1 is 1.00 bits per heavy atom. The molecule has 0 saturated carbocycles. The van der Waals surface area contributed by atoms with Crippen LogP contribution in [0.4, 0.5) is 0 Å². The zero-order chi connectivity index (χ0) is 3.58. The summed E-state index contributed by atoms with van der Waals surface area (Å²) in [7, 11) is -3.37. The van der Waals surface area contributed by atoms with Gasteiger partial charge in [0.1, 0.15) is 0 Å². The molecule has 0 spiro atoms. The summed E-state index contributed by atoms with van der Waals surface area (Å²) < 4.78 is 0. The van der Waals surface area contributed by atoms with Crippen molar-refractivity contribution in [3.8, 4) is 0 Å². The van der Waals surface area contributed by atoms with Gasteiger partial charge in [0.05, 0.1) is 0 Å². The van der Waals surface area contributed by atoms with Gasteiger partial charge in [-0.25, -0.2) is 0 Å². The van der Waals surface area contributed by atoms with Crippen molar-refractivity contribution >= 4 is 8.60 Å². The zero-order valence-electron chi connectivity index (χ0n) is 1.99. The molecule has 0 bridgehead atoms. The van der Waals surface area contributed by atoms with E-state index in [-0.39, 0.29) is 20.4 Å². The van der Waals surface area contributed by atoms with Crippen molar-refractivity contribution in [1.29, 1.82) is 0 Å². The standard InChI is InChI=1S/O3P.Pd/c1-4(2)3;/q-3;+3. The summed E-state index contributed by atoms with van der Waals surface area (Å²) in [6.07, 6.45) is 0. The molecule has 0 aromatic rings. The van der Waals surface area contributed by atoms with Crippen molar-refractivity contribution in [2.75, 3.05) is 0 Å². The second-order valence-corrected chi connectivity index (χ2v) is 0.671. The van der Waals surface area contributed by atoms with Crippen LogP contribution in [0.3, 0.4) is 0 Å². The van der Waals surface area contributed by atoms with Crippen LogP contribution in [0.1, 0.15) is 0 Å². The molecular formula is O3PPd. The molecule has 0 atom stereocenters. The molecule has 0 aliphatic heterocycles. The minimum Gasteiger partial charge on any atom is -0.854 e. The van der Waals surface area contributed by atoms with Crippen molar-refractivity contribution in [2.24, 2.45) is 0 Å². The van der Waals surface area contributed by atoms with E-state index in [2.05, 4.69) is 0 Å². The maximum atomic E-state index is 8.48. The summed E-state index contributed by atoms with van der Waals surface area (Å²) in [4.78, 5) is 25.4. The Morgan fingerprint density at radius 3 is 1.00 bits per heavy atom. The molecule has 0 amide bonds. The minimum absolute atomic E-state index is 0. The molecule has 33 valence electrons. The van der Waals surface area contributed by atoms with E-state index < -0.39 is 8.60 Å². The van der Waals surface area contributed by atoms with Gasteiger partial charge in [0.15, 0.2) is 0 Å². The molecule has 3 nitrogen and oxygen atoms in total. The van der Waals surface area contributed by atoms with Gasteiger partial charge >= 0.3 is 20.4 Å². The monoisotopic (exact) mass is 185 g/mol. The van der Waals surface area contributed by atoms with E-state index in [9.17, 15) is 0 Å². The predicted molar refractivity (Wildman–Crippen MR) is 6.92 cm³/mol. The second-order valence-electron chi connectivity index (χ2n) is 0.224. The fourth-order valence-electron chi connectivity index (χ4n) is 0. The third-order valence-electron chi connectivity index (χ3n) is 0. The molecule has 1 radical (unpaired) electrons. The third kappa shape index (κ3) is 46.5. The molecule has 0 aliphatic rings. The molecule has 0 aromatic heterocycles. The Balaban J connectivity index is 0. The second kappa shape index (κ2) is 4.97. The summed E-state index contributed by atoms with van der Waals surface area (Å²) >= 11 is 0. The van der Waals surface area contributed by atoms with Crippen LogP contribution in [0.15, 0.2) is 0 Å². The molecule has 0 unspecified atom stereocenters. The van der Waals surface area contributed by atoms with E-state index in [1.54, 1.807) is 0 Å². The van der Waals surface area contributed by atoms with E-state index in [1.807, 2.05) is 0 Å². The van der Waals surface area contributed by atoms with Gasteiger partial charge in [0, 0.05) is 0 Å². The number of hydrogen-bond acceptors (Lipinski definition) is 3. The maximum absolute atomic E-state index is 8.48. The number of hydrogen-bond donors (Lipinski definition) is 0. The summed E-state index contributed by atoms with van der Waals surface area (Å²) in [6, 6.07) is 0. The molecular weight excluding hydrogens is 185 g/mol. The fraction of sp³-hybridized carbons (Fsp3) is 0.